The molecular weight excluding hydrogens is 390 g/mol. The van der Waals surface area contributed by atoms with E-state index in [4.69, 9.17) is 9.47 Å². The Hall–Kier alpha value is -3.07. The van der Waals surface area contributed by atoms with Crippen LogP contribution in [0.4, 0.5) is 0 Å². The minimum absolute atomic E-state index is 0.00309. The minimum Gasteiger partial charge on any atom is -0.493 e. The van der Waals surface area contributed by atoms with Crippen LogP contribution in [0.25, 0.3) is 16.8 Å². The molecule has 1 saturated heterocycles. The van der Waals surface area contributed by atoms with Crippen LogP contribution < -0.4 is 9.47 Å². The van der Waals surface area contributed by atoms with Crippen LogP contribution in [0, 0.1) is 0 Å². The third kappa shape index (κ3) is 3.91. The van der Waals surface area contributed by atoms with Crippen molar-refractivity contribution in [2.24, 2.45) is 0 Å². The summed E-state index contributed by atoms with van der Waals surface area (Å²) in [5, 5.41) is 11.4. The molecule has 0 aliphatic carbocycles. The molecule has 0 atom stereocenters. The summed E-state index contributed by atoms with van der Waals surface area (Å²) >= 11 is 1.87. The number of benzene rings is 2. The zero-order chi connectivity index (χ0) is 20.2. The number of carbonyl (C=O) groups excluding carboxylic acids is 1. The number of ether oxygens (including phenoxy) is 2. The van der Waals surface area contributed by atoms with E-state index in [-0.39, 0.29) is 5.91 Å². The molecule has 0 unspecified atom stereocenters. The van der Waals surface area contributed by atoms with E-state index in [1.165, 1.54) is 6.33 Å². The van der Waals surface area contributed by atoms with Crippen molar-refractivity contribution >= 4 is 17.7 Å². The maximum atomic E-state index is 13.2. The summed E-state index contributed by atoms with van der Waals surface area (Å²) in [6, 6.07) is 11.3. The van der Waals surface area contributed by atoms with Crippen LogP contribution in [0.5, 0.6) is 11.5 Å². The quantitative estimate of drug-likeness (QED) is 0.638. The van der Waals surface area contributed by atoms with Crippen LogP contribution in [0.1, 0.15) is 10.4 Å². The van der Waals surface area contributed by atoms with Gasteiger partial charge in [-0.25, -0.2) is 4.68 Å². The lowest BCUT2D eigenvalue weighted by Crippen LogP contribution is -2.37. The largest absolute Gasteiger partial charge is 0.493 e. The van der Waals surface area contributed by atoms with Gasteiger partial charge in [-0.05, 0) is 40.3 Å². The van der Waals surface area contributed by atoms with Crippen LogP contribution in [-0.2, 0) is 0 Å². The molecule has 2 heterocycles. The van der Waals surface area contributed by atoms with E-state index >= 15 is 0 Å². The predicted octanol–water partition coefficient (Wildman–Crippen LogP) is 2.54. The van der Waals surface area contributed by atoms with E-state index in [0.717, 1.165) is 35.7 Å². The van der Waals surface area contributed by atoms with Crippen molar-refractivity contribution in [1.29, 1.82) is 0 Å². The fourth-order valence-corrected chi connectivity index (χ4v) is 4.27. The first kappa shape index (κ1) is 19.3. The lowest BCUT2D eigenvalue weighted by Gasteiger charge is -2.27. The second-order valence-corrected chi connectivity index (χ2v) is 7.69. The summed E-state index contributed by atoms with van der Waals surface area (Å²) in [6.07, 6.45) is 1.51. The van der Waals surface area contributed by atoms with Gasteiger partial charge in [0.2, 0.25) is 0 Å². The average Bonchev–Trinajstić information content (AvgIpc) is 3.33. The monoisotopic (exact) mass is 411 g/mol. The van der Waals surface area contributed by atoms with Crippen molar-refractivity contribution < 1.29 is 14.3 Å². The molecule has 0 radical (unpaired) electrons. The van der Waals surface area contributed by atoms with Gasteiger partial charge in [-0.15, -0.1) is 5.10 Å². The SMILES string of the molecule is COc1cccc(-c2cc(C(=O)N3CCSCC3)cc(-n3cnnn3)c2)c1OC. The number of nitrogens with zero attached hydrogens (tertiary/aromatic N) is 5. The highest BCUT2D eigenvalue weighted by molar-refractivity contribution is 7.99. The normalized spacial score (nSPS) is 13.9. The molecule has 1 aliphatic rings. The van der Waals surface area contributed by atoms with Crippen LogP contribution in [0.2, 0.25) is 0 Å². The van der Waals surface area contributed by atoms with Crippen LogP contribution in [0.15, 0.2) is 42.7 Å². The van der Waals surface area contributed by atoms with Crippen LogP contribution in [-0.4, -0.2) is 69.8 Å². The van der Waals surface area contributed by atoms with E-state index in [1.807, 2.05) is 53.1 Å². The Bertz CT molecular complexity index is 1000. The number of tetrazole rings is 1. The molecule has 1 fully saturated rings. The Labute approximate surface area is 172 Å². The molecule has 8 nitrogen and oxygen atoms in total. The Kier molecular flexibility index (Phi) is 5.66. The number of methoxy groups -OCH3 is 2. The molecule has 4 rings (SSSR count). The Balaban J connectivity index is 1.84. The second kappa shape index (κ2) is 8.52. The second-order valence-electron chi connectivity index (χ2n) is 6.47. The van der Waals surface area contributed by atoms with Crippen molar-refractivity contribution in [3.8, 4) is 28.3 Å². The number of carbonyl (C=O) groups is 1. The number of amides is 1. The Morgan fingerprint density at radius 3 is 2.62 bits per heavy atom. The molecule has 2 aromatic carbocycles. The predicted molar refractivity (Wildman–Crippen MR) is 111 cm³/mol. The number of hydrogen-bond donors (Lipinski definition) is 0. The zero-order valence-corrected chi connectivity index (χ0v) is 17.1. The highest BCUT2D eigenvalue weighted by atomic mass is 32.2. The van der Waals surface area contributed by atoms with E-state index < -0.39 is 0 Å². The molecule has 150 valence electrons. The van der Waals surface area contributed by atoms with E-state index in [2.05, 4.69) is 15.5 Å². The number of rotatable bonds is 5. The molecule has 0 bridgehead atoms. The first-order valence-electron chi connectivity index (χ1n) is 9.18. The third-order valence-corrected chi connectivity index (χ3v) is 5.73. The van der Waals surface area contributed by atoms with Gasteiger partial charge in [0, 0.05) is 35.7 Å². The van der Waals surface area contributed by atoms with Gasteiger partial charge in [0.25, 0.3) is 5.91 Å². The van der Waals surface area contributed by atoms with Crippen molar-refractivity contribution in [1.82, 2.24) is 25.1 Å². The van der Waals surface area contributed by atoms with E-state index in [9.17, 15) is 4.79 Å². The maximum absolute atomic E-state index is 13.2. The number of thioether (sulfide) groups is 1. The lowest BCUT2D eigenvalue weighted by atomic mass is 10.00. The molecule has 0 saturated carbocycles. The molecule has 29 heavy (non-hydrogen) atoms. The number of hydrogen-bond acceptors (Lipinski definition) is 7. The van der Waals surface area contributed by atoms with Gasteiger partial charge in [-0.2, -0.15) is 11.8 Å². The topological polar surface area (TPSA) is 82.4 Å². The van der Waals surface area contributed by atoms with Crippen molar-refractivity contribution in [3.05, 3.63) is 48.3 Å². The van der Waals surface area contributed by atoms with Crippen LogP contribution >= 0.6 is 11.8 Å². The first-order chi connectivity index (χ1) is 14.2. The smallest absolute Gasteiger partial charge is 0.254 e. The molecule has 0 N–H and O–H groups in total. The highest BCUT2D eigenvalue weighted by Gasteiger charge is 2.21. The van der Waals surface area contributed by atoms with Gasteiger partial charge >= 0.3 is 0 Å². The van der Waals surface area contributed by atoms with Crippen molar-refractivity contribution in [3.63, 3.8) is 0 Å². The standard InChI is InChI=1S/C20H21N5O3S/c1-27-18-5-3-4-17(19(18)28-2)14-10-15(20(26)24-6-8-29-9-7-24)12-16(11-14)25-13-21-22-23-25/h3-5,10-13H,6-9H2,1-2H3. The summed E-state index contributed by atoms with van der Waals surface area (Å²) in [4.78, 5) is 15.1. The molecule has 1 aliphatic heterocycles. The van der Waals surface area contributed by atoms with Gasteiger partial charge < -0.3 is 14.4 Å². The molecule has 0 spiro atoms. The Morgan fingerprint density at radius 2 is 1.93 bits per heavy atom. The minimum atomic E-state index is 0.00309. The molecule has 1 amide bonds. The molecule has 1 aromatic heterocycles. The summed E-state index contributed by atoms with van der Waals surface area (Å²) in [7, 11) is 3.20. The number of aromatic nitrogens is 4. The van der Waals surface area contributed by atoms with Gasteiger partial charge in [0.05, 0.1) is 19.9 Å². The van der Waals surface area contributed by atoms with Gasteiger partial charge in [-0.3, -0.25) is 4.79 Å². The average molecular weight is 411 g/mol. The lowest BCUT2D eigenvalue weighted by molar-refractivity contribution is 0.0772. The zero-order valence-electron chi connectivity index (χ0n) is 16.2. The molecule has 9 heteroatoms. The maximum Gasteiger partial charge on any atom is 0.254 e. The number of para-hydroxylation sites is 1. The molecular formula is C20H21N5O3S. The van der Waals surface area contributed by atoms with Crippen molar-refractivity contribution in [2.75, 3.05) is 38.8 Å². The molecule has 3 aromatic rings. The summed E-state index contributed by atoms with van der Waals surface area (Å²) in [5.41, 5.74) is 2.94. The van der Waals surface area contributed by atoms with Gasteiger partial charge in [0.15, 0.2) is 11.5 Å². The summed E-state index contributed by atoms with van der Waals surface area (Å²) in [6.45, 7) is 1.49. The Morgan fingerprint density at radius 1 is 1.10 bits per heavy atom. The fourth-order valence-electron chi connectivity index (χ4n) is 3.37. The van der Waals surface area contributed by atoms with E-state index in [0.29, 0.717) is 22.7 Å². The first-order valence-corrected chi connectivity index (χ1v) is 10.3. The highest BCUT2D eigenvalue weighted by Crippen LogP contribution is 2.38. The van der Waals surface area contributed by atoms with Gasteiger partial charge in [0.1, 0.15) is 6.33 Å². The summed E-state index contributed by atoms with van der Waals surface area (Å²) < 4.78 is 12.6. The van der Waals surface area contributed by atoms with E-state index in [1.54, 1.807) is 18.9 Å². The van der Waals surface area contributed by atoms with Crippen molar-refractivity contribution in [2.45, 2.75) is 0 Å². The fraction of sp³-hybridized carbons (Fsp3) is 0.300. The van der Waals surface area contributed by atoms with Gasteiger partial charge in [-0.1, -0.05) is 12.1 Å². The third-order valence-electron chi connectivity index (χ3n) is 4.79. The summed E-state index contributed by atoms with van der Waals surface area (Å²) in [5.74, 6) is 3.14. The van der Waals surface area contributed by atoms with Crippen LogP contribution in [0.3, 0.4) is 0 Å².